The number of hydrogen-bond donors (Lipinski definition) is 1. The van der Waals surface area contributed by atoms with Crippen LogP contribution in [0.1, 0.15) is 13.8 Å². The predicted octanol–water partition coefficient (Wildman–Crippen LogP) is 1.98. The Morgan fingerprint density at radius 1 is 1.58 bits per heavy atom. The van der Waals surface area contributed by atoms with Gasteiger partial charge in [-0.3, -0.25) is 0 Å². The molecule has 4 heteroatoms. The molecule has 2 atom stereocenters. The summed E-state index contributed by atoms with van der Waals surface area (Å²) in [5, 5.41) is 6.16. The number of nitrogens with one attached hydrogen (secondary N) is 1. The molecule has 0 aliphatic heterocycles. The van der Waals surface area contributed by atoms with Crippen LogP contribution in [0.2, 0.25) is 0 Å². The maximum Gasteiger partial charge on any atom is 0.182 e. The number of anilines is 1. The largest absolute Gasteiger partial charge is 0.380 e. The average Bonchev–Trinajstić information content (AvgIpc) is 2.55. The van der Waals surface area contributed by atoms with E-state index in [2.05, 4.69) is 17.2 Å². The van der Waals surface area contributed by atoms with E-state index < -0.39 is 0 Å². The highest BCUT2D eigenvalue weighted by atomic mass is 32.1. The van der Waals surface area contributed by atoms with E-state index in [1.807, 2.05) is 12.3 Å². The van der Waals surface area contributed by atoms with Gasteiger partial charge in [-0.05, 0) is 13.8 Å². The van der Waals surface area contributed by atoms with Crippen LogP contribution < -0.4 is 5.32 Å². The Morgan fingerprint density at radius 3 is 2.83 bits per heavy atom. The van der Waals surface area contributed by atoms with E-state index in [-0.39, 0.29) is 6.10 Å². The first-order valence-electron chi connectivity index (χ1n) is 3.93. The minimum absolute atomic E-state index is 0.203. The molecule has 3 nitrogen and oxygen atoms in total. The molecule has 1 aromatic rings. The molecule has 0 fully saturated rings. The fraction of sp³-hybridized carbons (Fsp3) is 0.625. The van der Waals surface area contributed by atoms with Gasteiger partial charge in [0.25, 0.3) is 0 Å². The van der Waals surface area contributed by atoms with E-state index in [1.54, 1.807) is 24.6 Å². The van der Waals surface area contributed by atoms with E-state index in [1.165, 1.54) is 0 Å². The normalized spacial score (nSPS) is 15.6. The number of hydrogen-bond acceptors (Lipinski definition) is 4. The van der Waals surface area contributed by atoms with Crippen molar-refractivity contribution in [1.82, 2.24) is 4.98 Å². The third-order valence-electron chi connectivity index (χ3n) is 1.86. The molecule has 1 rings (SSSR count). The number of nitrogens with zero attached hydrogens (tertiary/aromatic N) is 1. The zero-order chi connectivity index (χ0) is 8.97. The summed E-state index contributed by atoms with van der Waals surface area (Å²) in [6, 6.07) is 0.293. The summed E-state index contributed by atoms with van der Waals surface area (Å²) in [4.78, 5) is 4.12. The highest BCUT2D eigenvalue weighted by molar-refractivity contribution is 7.13. The highest BCUT2D eigenvalue weighted by Gasteiger charge is 2.10. The maximum absolute atomic E-state index is 5.18. The monoisotopic (exact) mass is 186 g/mol. The Morgan fingerprint density at radius 2 is 2.33 bits per heavy atom. The van der Waals surface area contributed by atoms with Gasteiger partial charge in [0.2, 0.25) is 0 Å². The zero-order valence-corrected chi connectivity index (χ0v) is 8.39. The van der Waals surface area contributed by atoms with Crippen molar-refractivity contribution in [3.63, 3.8) is 0 Å². The first kappa shape index (κ1) is 9.48. The molecule has 1 aromatic heterocycles. The van der Waals surface area contributed by atoms with Crippen LogP contribution in [0.5, 0.6) is 0 Å². The lowest BCUT2D eigenvalue weighted by Gasteiger charge is -2.18. The van der Waals surface area contributed by atoms with E-state index in [0.717, 1.165) is 5.13 Å². The summed E-state index contributed by atoms with van der Waals surface area (Å²) >= 11 is 1.60. The second-order valence-corrected chi connectivity index (χ2v) is 3.61. The van der Waals surface area contributed by atoms with Crippen LogP contribution in [0.4, 0.5) is 5.13 Å². The molecule has 0 saturated carbocycles. The maximum atomic E-state index is 5.18. The Balaban J connectivity index is 2.41. The number of aromatic nitrogens is 1. The summed E-state index contributed by atoms with van der Waals surface area (Å²) < 4.78 is 5.18. The summed E-state index contributed by atoms with van der Waals surface area (Å²) in [6.45, 7) is 4.11. The Kier molecular flexibility index (Phi) is 3.49. The summed E-state index contributed by atoms with van der Waals surface area (Å²) in [5.41, 5.74) is 0. The van der Waals surface area contributed by atoms with E-state index in [9.17, 15) is 0 Å². The lowest BCUT2D eigenvalue weighted by molar-refractivity contribution is 0.106. The van der Waals surface area contributed by atoms with Crippen LogP contribution in [-0.4, -0.2) is 24.2 Å². The highest BCUT2D eigenvalue weighted by Crippen LogP contribution is 2.13. The van der Waals surface area contributed by atoms with Gasteiger partial charge in [-0.1, -0.05) is 0 Å². The van der Waals surface area contributed by atoms with Gasteiger partial charge in [-0.2, -0.15) is 0 Å². The van der Waals surface area contributed by atoms with Gasteiger partial charge in [0, 0.05) is 18.7 Å². The molecule has 0 bridgehead atoms. The third kappa shape index (κ3) is 2.46. The standard InChI is InChI=1S/C8H14N2OS/c1-6(7(2)11-3)10-8-9-4-5-12-8/h4-7H,1-3H3,(H,9,10). The molecule has 0 amide bonds. The predicted molar refractivity (Wildman–Crippen MR) is 51.7 cm³/mol. The molecule has 0 aromatic carbocycles. The topological polar surface area (TPSA) is 34.1 Å². The lowest BCUT2D eigenvalue weighted by Crippen LogP contribution is -2.29. The van der Waals surface area contributed by atoms with Crippen molar-refractivity contribution in [2.45, 2.75) is 26.0 Å². The molecule has 12 heavy (non-hydrogen) atoms. The minimum atomic E-state index is 0.203. The van der Waals surface area contributed by atoms with Crippen LogP contribution in [-0.2, 0) is 4.74 Å². The van der Waals surface area contributed by atoms with Crippen LogP contribution in [0.15, 0.2) is 11.6 Å². The molecule has 0 aliphatic rings. The van der Waals surface area contributed by atoms with Gasteiger partial charge < -0.3 is 10.1 Å². The molecule has 1 N–H and O–H groups in total. The van der Waals surface area contributed by atoms with Crippen LogP contribution in [0, 0.1) is 0 Å². The van der Waals surface area contributed by atoms with Gasteiger partial charge >= 0.3 is 0 Å². The Labute approximate surface area is 76.8 Å². The van der Waals surface area contributed by atoms with Gasteiger partial charge in [0.1, 0.15) is 0 Å². The fourth-order valence-corrected chi connectivity index (χ4v) is 1.44. The molecule has 2 unspecified atom stereocenters. The average molecular weight is 186 g/mol. The van der Waals surface area contributed by atoms with Crippen molar-refractivity contribution in [3.05, 3.63) is 11.6 Å². The van der Waals surface area contributed by atoms with Gasteiger partial charge in [-0.25, -0.2) is 4.98 Å². The SMILES string of the molecule is COC(C)C(C)Nc1nccs1. The van der Waals surface area contributed by atoms with Crippen LogP contribution in [0.3, 0.4) is 0 Å². The van der Waals surface area contributed by atoms with E-state index in [4.69, 9.17) is 4.74 Å². The second-order valence-electron chi connectivity index (χ2n) is 2.71. The fourth-order valence-electron chi connectivity index (χ4n) is 0.811. The smallest absolute Gasteiger partial charge is 0.182 e. The lowest BCUT2D eigenvalue weighted by atomic mass is 10.2. The number of methoxy groups -OCH3 is 1. The summed E-state index contributed by atoms with van der Waals surface area (Å²) in [7, 11) is 1.71. The van der Waals surface area contributed by atoms with Crippen molar-refractivity contribution in [1.29, 1.82) is 0 Å². The first-order valence-corrected chi connectivity index (χ1v) is 4.81. The molecule has 0 saturated heterocycles. The molecule has 0 spiro atoms. The summed E-state index contributed by atoms with van der Waals surface area (Å²) in [5.74, 6) is 0. The minimum Gasteiger partial charge on any atom is -0.380 e. The van der Waals surface area contributed by atoms with E-state index in [0.29, 0.717) is 6.04 Å². The molecule has 0 aliphatic carbocycles. The van der Waals surface area contributed by atoms with E-state index >= 15 is 0 Å². The summed E-state index contributed by atoms with van der Waals surface area (Å²) in [6.07, 6.45) is 1.99. The number of ether oxygens (including phenoxy) is 1. The van der Waals surface area contributed by atoms with Crippen LogP contribution in [0.25, 0.3) is 0 Å². The molecular weight excluding hydrogens is 172 g/mol. The second kappa shape index (κ2) is 4.42. The number of rotatable bonds is 4. The Bertz CT molecular complexity index is 213. The van der Waals surface area contributed by atoms with Crippen molar-refractivity contribution in [3.8, 4) is 0 Å². The molecule has 0 radical (unpaired) electrons. The quantitative estimate of drug-likeness (QED) is 0.780. The zero-order valence-electron chi connectivity index (χ0n) is 7.57. The molecule has 68 valence electrons. The van der Waals surface area contributed by atoms with Crippen LogP contribution >= 0.6 is 11.3 Å². The molecule has 1 heterocycles. The first-order chi connectivity index (χ1) is 5.74. The van der Waals surface area contributed by atoms with Crippen molar-refractivity contribution >= 4 is 16.5 Å². The van der Waals surface area contributed by atoms with Gasteiger partial charge in [-0.15, -0.1) is 11.3 Å². The van der Waals surface area contributed by atoms with Gasteiger partial charge in [0.15, 0.2) is 5.13 Å². The van der Waals surface area contributed by atoms with Crippen molar-refractivity contribution in [2.75, 3.05) is 12.4 Å². The van der Waals surface area contributed by atoms with Crippen molar-refractivity contribution < 1.29 is 4.74 Å². The Hall–Kier alpha value is -0.610. The van der Waals surface area contributed by atoms with Gasteiger partial charge in [0.05, 0.1) is 12.1 Å². The molecular formula is C8H14N2OS. The van der Waals surface area contributed by atoms with Crippen molar-refractivity contribution in [2.24, 2.45) is 0 Å². The number of thiazole rings is 1. The third-order valence-corrected chi connectivity index (χ3v) is 2.56.